The predicted octanol–water partition coefficient (Wildman–Crippen LogP) is 3.48. The molecule has 2 amide bonds. The van der Waals surface area contributed by atoms with Gasteiger partial charge in [-0.3, -0.25) is 14.5 Å². The molecule has 0 aliphatic carbocycles. The highest BCUT2D eigenvalue weighted by Crippen LogP contribution is 2.39. The van der Waals surface area contributed by atoms with E-state index in [-0.39, 0.29) is 24.5 Å². The van der Waals surface area contributed by atoms with E-state index in [1.807, 2.05) is 31.2 Å². The number of hydrogen-bond donors (Lipinski definition) is 1. The first kappa shape index (κ1) is 25.9. The maximum Gasteiger partial charge on any atom is 0.414 e. The molecule has 1 fully saturated rings. The Labute approximate surface area is 210 Å². The molecular formula is C25H35N5O6. The number of fused-ring (bicyclic) bond motifs is 1. The van der Waals surface area contributed by atoms with Crippen molar-refractivity contribution in [3.8, 4) is 0 Å². The minimum Gasteiger partial charge on any atom is -0.449 e. The van der Waals surface area contributed by atoms with Gasteiger partial charge in [-0.15, -0.1) is 0 Å². The lowest BCUT2D eigenvalue weighted by Crippen LogP contribution is -2.47. The Morgan fingerprint density at radius 3 is 2.75 bits per heavy atom. The van der Waals surface area contributed by atoms with E-state index in [2.05, 4.69) is 12.3 Å². The topological polar surface area (TPSA) is 110 Å². The summed E-state index contributed by atoms with van der Waals surface area (Å²) in [7, 11) is 4.80. The molecule has 2 aromatic rings. The summed E-state index contributed by atoms with van der Waals surface area (Å²) in [5.74, 6) is -0.554. The maximum atomic E-state index is 13.5. The fraction of sp³-hybridized carbons (Fsp3) is 0.560. The van der Waals surface area contributed by atoms with Crippen molar-refractivity contribution in [2.24, 2.45) is 0 Å². The molecule has 2 aromatic heterocycles. The Hall–Kier alpha value is -3.15. The molecule has 11 heteroatoms. The second kappa shape index (κ2) is 10.9. The summed E-state index contributed by atoms with van der Waals surface area (Å²) in [5.41, 5.74) is 7.00. The van der Waals surface area contributed by atoms with Gasteiger partial charge in [0.25, 0.3) is 0 Å². The van der Waals surface area contributed by atoms with Crippen LogP contribution in [-0.4, -0.2) is 80.2 Å². The Morgan fingerprint density at radius 1 is 1.33 bits per heavy atom. The molecule has 0 unspecified atom stereocenters. The molecule has 2 atom stereocenters. The van der Waals surface area contributed by atoms with E-state index in [1.54, 1.807) is 6.92 Å². The van der Waals surface area contributed by atoms with Gasteiger partial charge in [0.2, 0.25) is 5.76 Å². The minimum absolute atomic E-state index is 0.00402. The lowest BCUT2D eigenvalue weighted by atomic mass is 9.99. The van der Waals surface area contributed by atoms with E-state index in [0.29, 0.717) is 42.8 Å². The van der Waals surface area contributed by atoms with Crippen LogP contribution in [0.25, 0.3) is 16.7 Å². The number of rotatable bonds is 7. The lowest BCUT2D eigenvalue weighted by Gasteiger charge is -2.36. The van der Waals surface area contributed by atoms with Gasteiger partial charge in [0.1, 0.15) is 11.2 Å². The number of carbonyl (C=O) groups excluding carboxylic acids is 2. The molecule has 196 valence electrons. The number of amides is 2. The summed E-state index contributed by atoms with van der Waals surface area (Å²) < 4.78 is 17.4. The first-order chi connectivity index (χ1) is 17.3. The van der Waals surface area contributed by atoms with E-state index in [0.717, 1.165) is 28.3 Å². The molecule has 2 aliphatic rings. The van der Waals surface area contributed by atoms with Crippen molar-refractivity contribution in [2.45, 2.75) is 52.2 Å². The number of hydroxylamine groups is 2. The molecule has 1 N–H and O–H groups in total. The van der Waals surface area contributed by atoms with Gasteiger partial charge in [-0.05, 0) is 44.7 Å². The van der Waals surface area contributed by atoms with E-state index < -0.39 is 12.0 Å². The molecule has 0 saturated carbocycles. The zero-order valence-corrected chi connectivity index (χ0v) is 21.8. The van der Waals surface area contributed by atoms with Crippen molar-refractivity contribution in [2.75, 3.05) is 45.9 Å². The van der Waals surface area contributed by atoms with E-state index in [1.165, 1.54) is 19.1 Å². The molecule has 4 heterocycles. The highest BCUT2D eigenvalue weighted by Gasteiger charge is 2.39. The monoisotopic (exact) mass is 501 g/mol. The minimum atomic E-state index is -0.554. The van der Waals surface area contributed by atoms with Crippen LogP contribution in [-0.2, 0) is 14.3 Å². The van der Waals surface area contributed by atoms with Gasteiger partial charge < -0.3 is 18.9 Å². The molecule has 0 spiro atoms. The third-order valence-corrected chi connectivity index (χ3v) is 6.62. The second-order valence-corrected chi connectivity index (χ2v) is 9.01. The number of hydrazine groups is 1. The zero-order chi connectivity index (χ0) is 26.0. The van der Waals surface area contributed by atoms with Crippen LogP contribution in [0.4, 0.5) is 10.5 Å². The number of furan rings is 1. The predicted molar refractivity (Wildman–Crippen MR) is 134 cm³/mol. The van der Waals surface area contributed by atoms with Gasteiger partial charge in [0.05, 0.1) is 25.5 Å². The fourth-order valence-electron chi connectivity index (χ4n) is 4.70. The molecule has 0 bridgehead atoms. The molecule has 4 rings (SSSR count). The van der Waals surface area contributed by atoms with E-state index >= 15 is 0 Å². The lowest BCUT2D eigenvalue weighted by molar-refractivity contribution is -0.0772. The van der Waals surface area contributed by atoms with Crippen LogP contribution < -0.4 is 10.3 Å². The van der Waals surface area contributed by atoms with Crippen LogP contribution in [0, 0.1) is 6.92 Å². The number of nitrogens with zero attached hydrogens (tertiary/aromatic N) is 4. The zero-order valence-electron chi connectivity index (χ0n) is 21.8. The number of aryl methyl sites for hydroxylation is 1. The Bertz CT molecular complexity index is 1160. The number of nitrogens with one attached hydrogen (secondary N) is 1. The highest BCUT2D eigenvalue weighted by molar-refractivity contribution is 6.10. The van der Waals surface area contributed by atoms with Crippen molar-refractivity contribution in [1.29, 1.82) is 0 Å². The number of hydrogen-bond acceptors (Lipinski definition) is 9. The third kappa shape index (κ3) is 4.91. The second-order valence-electron chi connectivity index (χ2n) is 9.01. The van der Waals surface area contributed by atoms with Gasteiger partial charge >= 0.3 is 12.0 Å². The molecule has 1 saturated heterocycles. The smallest absolute Gasteiger partial charge is 0.414 e. The van der Waals surface area contributed by atoms with Crippen molar-refractivity contribution < 1.29 is 28.3 Å². The Kier molecular flexibility index (Phi) is 7.82. The third-order valence-electron chi connectivity index (χ3n) is 6.62. The Morgan fingerprint density at radius 2 is 2.11 bits per heavy atom. The average Bonchev–Trinajstić information content (AvgIpc) is 3.46. The van der Waals surface area contributed by atoms with Crippen molar-refractivity contribution in [3.05, 3.63) is 29.3 Å². The standard InChI is InChI=1S/C25H35N5O6/c1-7-18-12-17(9-10-35-18)30(25(32)34-8-2)22-21-19(36-23(22)24(31)29(5)33-6)11-15(3)20(27-21)16-13-26-28(4)14-16/h11,14,17-18,26H,7-10,12-13H2,1-6H3/t17-,18-/m0/s1. The van der Waals surface area contributed by atoms with Crippen molar-refractivity contribution in [1.82, 2.24) is 20.5 Å². The van der Waals surface area contributed by atoms with Crippen molar-refractivity contribution >= 4 is 34.4 Å². The van der Waals surface area contributed by atoms with Crippen LogP contribution in [0.1, 0.15) is 54.9 Å². The molecule has 11 nitrogen and oxygen atoms in total. The van der Waals surface area contributed by atoms with Gasteiger partial charge in [-0.25, -0.2) is 20.3 Å². The summed E-state index contributed by atoms with van der Waals surface area (Å²) in [6, 6.07) is 1.60. The summed E-state index contributed by atoms with van der Waals surface area (Å²) in [4.78, 5) is 38.5. The van der Waals surface area contributed by atoms with Crippen LogP contribution in [0.5, 0.6) is 0 Å². The molecule has 0 radical (unpaired) electrons. The number of ether oxygens (including phenoxy) is 2. The van der Waals surface area contributed by atoms with Crippen LogP contribution in [0.2, 0.25) is 0 Å². The van der Waals surface area contributed by atoms with E-state index in [9.17, 15) is 9.59 Å². The number of carbonyl (C=O) groups is 2. The largest absolute Gasteiger partial charge is 0.449 e. The molecule has 2 aliphatic heterocycles. The first-order valence-corrected chi connectivity index (χ1v) is 12.3. The van der Waals surface area contributed by atoms with Crippen LogP contribution >= 0.6 is 0 Å². The SMILES string of the molecule is CCOC(=O)N(c1c(C(=O)N(C)OC)oc2cc(C)c(C3=CN(C)NC3)nc12)[C@H]1CCO[C@@H](CC)C1. The fourth-order valence-corrected chi connectivity index (χ4v) is 4.70. The van der Waals surface area contributed by atoms with Gasteiger partial charge in [0, 0.05) is 45.1 Å². The van der Waals surface area contributed by atoms with Crippen molar-refractivity contribution in [3.63, 3.8) is 0 Å². The number of aromatic nitrogens is 1. The number of pyridine rings is 1. The van der Waals surface area contributed by atoms with E-state index in [4.69, 9.17) is 23.7 Å². The van der Waals surface area contributed by atoms with Crippen LogP contribution in [0.15, 0.2) is 16.7 Å². The normalized spacial score (nSPS) is 19.9. The number of anilines is 1. The summed E-state index contributed by atoms with van der Waals surface area (Å²) in [6.45, 7) is 7.05. The van der Waals surface area contributed by atoms with Gasteiger partial charge in [-0.2, -0.15) is 0 Å². The summed E-state index contributed by atoms with van der Waals surface area (Å²) in [5, 5.41) is 2.94. The van der Waals surface area contributed by atoms with Gasteiger partial charge in [-0.1, -0.05) is 6.92 Å². The summed E-state index contributed by atoms with van der Waals surface area (Å²) >= 11 is 0. The van der Waals surface area contributed by atoms with Crippen LogP contribution in [0.3, 0.4) is 0 Å². The molecular weight excluding hydrogens is 466 g/mol. The van der Waals surface area contributed by atoms with Gasteiger partial charge in [0.15, 0.2) is 5.58 Å². The molecule has 36 heavy (non-hydrogen) atoms. The quantitative estimate of drug-likeness (QED) is 0.570. The average molecular weight is 502 g/mol. The Balaban J connectivity index is 1.94. The maximum absolute atomic E-state index is 13.5. The first-order valence-electron chi connectivity index (χ1n) is 12.3. The highest BCUT2D eigenvalue weighted by atomic mass is 16.7. The summed E-state index contributed by atoms with van der Waals surface area (Å²) in [6.07, 6.45) is 3.42. The molecule has 0 aromatic carbocycles.